The van der Waals surface area contributed by atoms with E-state index in [4.69, 9.17) is 4.74 Å². The van der Waals surface area contributed by atoms with E-state index in [0.717, 1.165) is 19.5 Å². The molecule has 26 heavy (non-hydrogen) atoms. The fraction of sp³-hybridized carbons (Fsp3) is 0.722. The molecule has 1 saturated heterocycles. The molecule has 1 aromatic rings. The third-order valence-corrected chi connectivity index (χ3v) is 6.87. The minimum absolute atomic E-state index is 0.128. The van der Waals surface area contributed by atoms with Crippen molar-refractivity contribution in [2.75, 3.05) is 26.7 Å². The average Bonchev–Trinajstić information content (AvgIpc) is 2.81. The number of nitrogens with zero attached hydrogens (tertiary/aromatic N) is 2. The predicted molar refractivity (Wildman–Crippen MR) is 101 cm³/mol. The molecule has 2 rings (SSSR count). The van der Waals surface area contributed by atoms with Gasteiger partial charge in [-0.05, 0) is 52.3 Å². The molecule has 0 unspecified atom stereocenters. The van der Waals surface area contributed by atoms with Gasteiger partial charge in [-0.3, -0.25) is 0 Å². The van der Waals surface area contributed by atoms with E-state index in [1.54, 1.807) is 18.5 Å². The molecule has 0 amide bonds. The van der Waals surface area contributed by atoms with Crippen molar-refractivity contribution >= 4 is 16.0 Å². The number of carbonyl (C=O) groups is 1. The van der Waals surface area contributed by atoms with E-state index in [9.17, 15) is 13.2 Å². The SMILES string of the molecule is COC(=O)c1cc(S(=O)(=O)NCC[C@H](C)N2CCCCCC2)c(C)n1C. The molecule has 1 fully saturated rings. The average molecular weight is 386 g/mol. The van der Waals surface area contributed by atoms with Gasteiger partial charge in [0, 0.05) is 25.3 Å². The lowest BCUT2D eigenvalue weighted by Crippen LogP contribution is -2.37. The Kier molecular flexibility index (Phi) is 7.25. The molecule has 0 radical (unpaired) electrons. The lowest BCUT2D eigenvalue weighted by atomic mass is 10.2. The summed E-state index contributed by atoms with van der Waals surface area (Å²) in [7, 11) is -0.731. The summed E-state index contributed by atoms with van der Waals surface area (Å²) < 4.78 is 34.2. The molecule has 7 nitrogen and oxygen atoms in total. The van der Waals surface area contributed by atoms with E-state index in [-0.39, 0.29) is 10.6 Å². The highest BCUT2D eigenvalue weighted by Gasteiger charge is 2.25. The zero-order valence-electron chi connectivity index (χ0n) is 16.2. The van der Waals surface area contributed by atoms with Crippen LogP contribution >= 0.6 is 0 Å². The maximum absolute atomic E-state index is 12.7. The Morgan fingerprint density at radius 3 is 2.46 bits per heavy atom. The van der Waals surface area contributed by atoms with Gasteiger partial charge in [-0.25, -0.2) is 17.9 Å². The number of rotatable bonds is 7. The number of likely N-dealkylation sites (tertiary alicyclic amines) is 1. The Balaban J connectivity index is 1.99. The second kappa shape index (κ2) is 9.01. The van der Waals surface area contributed by atoms with Crippen LogP contribution in [0.2, 0.25) is 0 Å². The number of nitrogens with one attached hydrogen (secondary N) is 1. The maximum atomic E-state index is 12.7. The van der Waals surface area contributed by atoms with Crippen LogP contribution in [0.3, 0.4) is 0 Å². The fourth-order valence-electron chi connectivity index (χ4n) is 3.44. The number of carbonyl (C=O) groups excluding carboxylic acids is 1. The smallest absolute Gasteiger partial charge is 0.354 e. The summed E-state index contributed by atoms with van der Waals surface area (Å²) in [6.45, 7) is 6.40. The van der Waals surface area contributed by atoms with Gasteiger partial charge in [-0.2, -0.15) is 0 Å². The molecule has 148 valence electrons. The minimum atomic E-state index is -3.67. The van der Waals surface area contributed by atoms with Crippen molar-refractivity contribution in [3.05, 3.63) is 17.5 Å². The van der Waals surface area contributed by atoms with Crippen molar-refractivity contribution in [3.63, 3.8) is 0 Å². The van der Waals surface area contributed by atoms with Crippen LogP contribution in [0.25, 0.3) is 0 Å². The lowest BCUT2D eigenvalue weighted by Gasteiger charge is -2.27. The predicted octanol–water partition coefficient (Wildman–Crippen LogP) is 2.05. The molecule has 1 atom stereocenters. The molecule has 1 aromatic heterocycles. The van der Waals surface area contributed by atoms with Crippen molar-refractivity contribution in [3.8, 4) is 0 Å². The van der Waals surface area contributed by atoms with Gasteiger partial charge >= 0.3 is 5.97 Å². The van der Waals surface area contributed by atoms with Crippen LogP contribution in [0.5, 0.6) is 0 Å². The van der Waals surface area contributed by atoms with E-state index in [1.807, 2.05) is 0 Å². The number of hydrogen-bond acceptors (Lipinski definition) is 5. The summed E-state index contributed by atoms with van der Waals surface area (Å²) in [5.74, 6) is -0.549. The fourth-order valence-corrected chi connectivity index (χ4v) is 4.78. The van der Waals surface area contributed by atoms with Crippen LogP contribution in [-0.4, -0.2) is 56.6 Å². The summed E-state index contributed by atoms with van der Waals surface area (Å²) in [6.07, 6.45) is 5.76. The van der Waals surface area contributed by atoms with Crippen molar-refractivity contribution in [1.29, 1.82) is 0 Å². The van der Waals surface area contributed by atoms with Crippen molar-refractivity contribution < 1.29 is 17.9 Å². The number of sulfonamides is 1. The Morgan fingerprint density at radius 1 is 1.27 bits per heavy atom. The highest BCUT2D eigenvalue weighted by molar-refractivity contribution is 7.89. The highest BCUT2D eigenvalue weighted by atomic mass is 32.2. The maximum Gasteiger partial charge on any atom is 0.354 e. The van der Waals surface area contributed by atoms with Crippen LogP contribution in [0.4, 0.5) is 0 Å². The molecule has 0 saturated carbocycles. The van der Waals surface area contributed by atoms with Crippen molar-refractivity contribution in [1.82, 2.24) is 14.2 Å². The van der Waals surface area contributed by atoms with Gasteiger partial charge in [-0.15, -0.1) is 0 Å². The first-order valence-electron chi connectivity index (χ1n) is 9.26. The molecule has 0 bridgehead atoms. The summed E-state index contributed by atoms with van der Waals surface area (Å²) in [5, 5.41) is 0. The topological polar surface area (TPSA) is 80.6 Å². The van der Waals surface area contributed by atoms with Crippen LogP contribution < -0.4 is 4.72 Å². The standard InChI is InChI=1S/C18H31N3O4S/c1-14(21-11-7-5-6-8-12-21)9-10-19-26(23,24)17-13-16(18(22)25-4)20(3)15(17)2/h13-14,19H,5-12H2,1-4H3/t14-/m0/s1. The van der Waals surface area contributed by atoms with Gasteiger partial charge in [-0.1, -0.05) is 12.8 Å². The number of esters is 1. The van der Waals surface area contributed by atoms with Crippen LogP contribution in [0.1, 0.15) is 55.2 Å². The van der Waals surface area contributed by atoms with E-state index in [0.29, 0.717) is 18.3 Å². The second-order valence-corrected chi connectivity index (χ2v) is 8.75. The van der Waals surface area contributed by atoms with E-state index in [2.05, 4.69) is 16.5 Å². The van der Waals surface area contributed by atoms with Crippen LogP contribution in [0.15, 0.2) is 11.0 Å². The number of ether oxygens (including phenoxy) is 1. The van der Waals surface area contributed by atoms with E-state index < -0.39 is 16.0 Å². The summed E-state index contributed by atoms with van der Waals surface area (Å²) >= 11 is 0. The summed E-state index contributed by atoms with van der Waals surface area (Å²) in [4.78, 5) is 14.3. The molecule has 0 aliphatic carbocycles. The van der Waals surface area contributed by atoms with Crippen molar-refractivity contribution in [2.45, 2.75) is 56.9 Å². The molecule has 1 aliphatic rings. The van der Waals surface area contributed by atoms with Gasteiger partial charge in [0.15, 0.2) is 0 Å². The number of hydrogen-bond donors (Lipinski definition) is 1. The monoisotopic (exact) mass is 385 g/mol. The molecule has 0 aromatic carbocycles. The molecular formula is C18H31N3O4S. The van der Waals surface area contributed by atoms with Gasteiger partial charge in [0.2, 0.25) is 10.0 Å². The zero-order valence-corrected chi connectivity index (χ0v) is 17.1. The van der Waals surface area contributed by atoms with E-state index >= 15 is 0 Å². The number of aromatic nitrogens is 1. The lowest BCUT2D eigenvalue weighted by molar-refractivity contribution is 0.0589. The molecule has 1 aliphatic heterocycles. The zero-order chi connectivity index (χ0) is 19.3. The molecular weight excluding hydrogens is 354 g/mol. The van der Waals surface area contributed by atoms with Crippen LogP contribution in [-0.2, 0) is 21.8 Å². The minimum Gasteiger partial charge on any atom is -0.464 e. The molecule has 1 N–H and O–H groups in total. The number of methoxy groups -OCH3 is 1. The van der Waals surface area contributed by atoms with Gasteiger partial charge in [0.25, 0.3) is 0 Å². The quantitative estimate of drug-likeness (QED) is 0.727. The van der Waals surface area contributed by atoms with Gasteiger partial charge in [0.05, 0.1) is 7.11 Å². The first kappa shape index (κ1) is 20.9. The normalized spacial score (nSPS) is 17.7. The largest absolute Gasteiger partial charge is 0.464 e. The second-order valence-electron chi connectivity index (χ2n) is 7.02. The Labute approximate surface area is 156 Å². The Morgan fingerprint density at radius 2 is 1.88 bits per heavy atom. The summed E-state index contributed by atoms with van der Waals surface area (Å²) in [6, 6.07) is 1.72. The molecule has 0 spiro atoms. The highest BCUT2D eigenvalue weighted by Crippen LogP contribution is 2.20. The third kappa shape index (κ3) is 4.86. The van der Waals surface area contributed by atoms with Gasteiger partial charge in [0.1, 0.15) is 10.6 Å². The van der Waals surface area contributed by atoms with E-state index in [1.165, 1.54) is 38.9 Å². The Hall–Kier alpha value is -1.38. The van der Waals surface area contributed by atoms with Gasteiger partial charge < -0.3 is 14.2 Å². The molecule has 8 heteroatoms. The third-order valence-electron chi connectivity index (χ3n) is 5.29. The first-order chi connectivity index (χ1) is 12.3. The summed E-state index contributed by atoms with van der Waals surface area (Å²) in [5.41, 5.74) is 0.738. The Bertz CT molecular complexity index is 719. The first-order valence-corrected chi connectivity index (χ1v) is 10.7. The van der Waals surface area contributed by atoms with Crippen molar-refractivity contribution in [2.24, 2.45) is 7.05 Å². The molecule has 2 heterocycles. The van der Waals surface area contributed by atoms with Crippen LogP contribution in [0, 0.1) is 6.92 Å².